The Morgan fingerprint density at radius 3 is 2.52 bits per heavy atom. The van der Waals surface area contributed by atoms with Crippen LogP contribution in [-0.2, 0) is 15.7 Å². The van der Waals surface area contributed by atoms with Crippen LogP contribution in [0.5, 0.6) is 0 Å². The number of carbonyl (C=O) groups excluding carboxylic acids is 2. The van der Waals surface area contributed by atoms with Crippen LogP contribution in [0.3, 0.4) is 0 Å². The second-order valence-electron chi connectivity index (χ2n) is 6.57. The van der Waals surface area contributed by atoms with E-state index in [2.05, 4.69) is 31.3 Å². The number of aromatic nitrogens is 3. The third-order valence-corrected chi connectivity index (χ3v) is 4.91. The number of aryl methyl sites for hydroxylation is 1. The Hall–Kier alpha value is -3.21. The summed E-state index contributed by atoms with van der Waals surface area (Å²) in [7, 11) is 0. The molecule has 3 aromatic rings. The number of nitrogens with zero attached hydrogens (tertiary/aromatic N) is 3. The van der Waals surface area contributed by atoms with Gasteiger partial charge >= 0.3 is 12.1 Å². The lowest BCUT2D eigenvalue weighted by atomic mass is 10.2. The summed E-state index contributed by atoms with van der Waals surface area (Å²) in [5.74, 6) is -1.23. The number of amides is 1. The highest BCUT2D eigenvalue weighted by atomic mass is 79.9. The molecule has 162 valence electrons. The first-order valence-electron chi connectivity index (χ1n) is 8.87. The largest absolute Gasteiger partial charge is 0.452 e. The van der Waals surface area contributed by atoms with Crippen LogP contribution in [-0.4, -0.2) is 33.2 Å². The van der Waals surface area contributed by atoms with E-state index < -0.39 is 30.2 Å². The number of nitrogens with one attached hydrogen (secondary N) is 1. The van der Waals surface area contributed by atoms with Crippen molar-refractivity contribution >= 4 is 33.5 Å². The van der Waals surface area contributed by atoms with Gasteiger partial charge < -0.3 is 10.1 Å². The van der Waals surface area contributed by atoms with E-state index in [0.717, 1.165) is 17.7 Å². The lowest BCUT2D eigenvalue weighted by Crippen LogP contribution is -2.21. The number of anilines is 1. The highest BCUT2D eigenvalue weighted by Gasteiger charge is 2.31. The first kappa shape index (κ1) is 22.5. The van der Waals surface area contributed by atoms with E-state index >= 15 is 0 Å². The van der Waals surface area contributed by atoms with Crippen molar-refractivity contribution in [2.45, 2.75) is 20.0 Å². The molecule has 3 rings (SSSR count). The van der Waals surface area contributed by atoms with Gasteiger partial charge in [0.1, 0.15) is 5.56 Å². The molecule has 0 radical (unpaired) electrons. The van der Waals surface area contributed by atoms with E-state index in [0.29, 0.717) is 22.1 Å². The molecule has 31 heavy (non-hydrogen) atoms. The van der Waals surface area contributed by atoms with Crippen molar-refractivity contribution in [1.82, 2.24) is 14.8 Å². The van der Waals surface area contributed by atoms with Crippen LogP contribution in [0.1, 0.15) is 27.2 Å². The summed E-state index contributed by atoms with van der Waals surface area (Å²) in [6.07, 6.45) is -2.62. The van der Waals surface area contributed by atoms with Crippen molar-refractivity contribution in [1.29, 1.82) is 0 Å². The van der Waals surface area contributed by atoms with Gasteiger partial charge in [0.2, 0.25) is 0 Å². The fourth-order valence-corrected chi connectivity index (χ4v) is 3.23. The Morgan fingerprint density at radius 2 is 1.90 bits per heavy atom. The molecule has 11 heteroatoms. The van der Waals surface area contributed by atoms with Crippen LogP contribution >= 0.6 is 15.9 Å². The van der Waals surface area contributed by atoms with E-state index in [1.807, 2.05) is 19.1 Å². The second-order valence-corrected chi connectivity index (χ2v) is 7.42. The van der Waals surface area contributed by atoms with Gasteiger partial charge in [-0.2, -0.15) is 18.3 Å². The predicted octanol–water partition coefficient (Wildman–Crippen LogP) is 4.46. The zero-order chi connectivity index (χ0) is 22.8. The Kier molecular flexibility index (Phi) is 6.44. The average molecular weight is 497 g/mol. The van der Waals surface area contributed by atoms with Crippen LogP contribution in [0.15, 0.2) is 47.2 Å². The minimum absolute atomic E-state index is 0.0611. The van der Waals surface area contributed by atoms with Crippen LogP contribution in [0.2, 0.25) is 0 Å². The summed E-state index contributed by atoms with van der Waals surface area (Å²) in [6.45, 7) is 2.91. The predicted molar refractivity (Wildman–Crippen MR) is 109 cm³/mol. The summed E-state index contributed by atoms with van der Waals surface area (Å²) in [4.78, 5) is 28.2. The topological polar surface area (TPSA) is 86.1 Å². The molecular formula is C20H16BrF3N4O3. The molecule has 0 spiro atoms. The average Bonchev–Trinajstić information content (AvgIpc) is 3.09. The quantitative estimate of drug-likeness (QED) is 0.527. The van der Waals surface area contributed by atoms with E-state index in [1.165, 1.54) is 17.8 Å². The van der Waals surface area contributed by atoms with E-state index in [-0.39, 0.29) is 11.4 Å². The van der Waals surface area contributed by atoms with Crippen molar-refractivity contribution in [3.05, 3.63) is 69.6 Å². The van der Waals surface area contributed by atoms with Gasteiger partial charge in [-0.1, -0.05) is 6.07 Å². The molecule has 1 amide bonds. The Labute approximate surface area is 183 Å². The molecule has 2 heterocycles. The van der Waals surface area contributed by atoms with Crippen molar-refractivity contribution in [2.24, 2.45) is 0 Å². The van der Waals surface area contributed by atoms with Gasteiger partial charge in [-0.3, -0.25) is 4.79 Å². The van der Waals surface area contributed by atoms with Crippen LogP contribution in [0, 0.1) is 13.8 Å². The van der Waals surface area contributed by atoms with Crippen LogP contribution in [0.4, 0.5) is 18.9 Å². The molecule has 0 aliphatic carbocycles. The fraction of sp³-hybridized carbons (Fsp3) is 0.200. The number of benzene rings is 1. The molecule has 7 nitrogen and oxygen atoms in total. The smallest absolute Gasteiger partial charge is 0.417 e. The number of pyridine rings is 1. The van der Waals surface area contributed by atoms with E-state index in [9.17, 15) is 22.8 Å². The van der Waals surface area contributed by atoms with Crippen LogP contribution in [0.25, 0.3) is 5.82 Å². The monoisotopic (exact) mass is 496 g/mol. The van der Waals surface area contributed by atoms with Gasteiger partial charge in [-0.05, 0) is 59.6 Å². The zero-order valence-corrected chi connectivity index (χ0v) is 17.9. The summed E-state index contributed by atoms with van der Waals surface area (Å²) in [5, 5.41) is 6.60. The molecule has 0 saturated heterocycles. The molecule has 1 N–H and O–H groups in total. The van der Waals surface area contributed by atoms with Crippen LogP contribution < -0.4 is 5.32 Å². The minimum atomic E-state index is -4.51. The molecule has 0 bridgehead atoms. The molecule has 0 unspecified atom stereocenters. The zero-order valence-electron chi connectivity index (χ0n) is 16.3. The molecule has 0 saturated carbocycles. The number of ether oxygens (including phenoxy) is 1. The van der Waals surface area contributed by atoms with Gasteiger partial charge in [0.25, 0.3) is 5.91 Å². The fourth-order valence-electron chi connectivity index (χ4n) is 2.64. The maximum absolute atomic E-state index is 12.7. The standard InChI is InChI=1S/C20H16BrF3N4O3/c1-11-3-5-16(15(21)7-11)27-18(29)10-31-19(30)14-9-26-28(12(14)2)17-6-4-13(8-25-17)20(22,23)24/h3-9H,10H2,1-2H3,(H,27,29). The molecule has 0 aliphatic rings. The third-order valence-electron chi connectivity index (χ3n) is 4.25. The van der Waals surface area contributed by atoms with Crippen molar-refractivity contribution < 1.29 is 27.5 Å². The summed E-state index contributed by atoms with van der Waals surface area (Å²) in [6, 6.07) is 7.37. The SMILES string of the molecule is Cc1ccc(NC(=O)COC(=O)c2cnn(-c3ccc(C(F)(F)F)cn3)c2C)c(Br)c1. The lowest BCUT2D eigenvalue weighted by molar-refractivity contribution is -0.137. The highest BCUT2D eigenvalue weighted by Crippen LogP contribution is 2.29. The first-order chi connectivity index (χ1) is 14.6. The Balaban J connectivity index is 1.65. The normalized spacial score (nSPS) is 11.3. The van der Waals surface area contributed by atoms with Gasteiger partial charge in [0, 0.05) is 10.7 Å². The van der Waals surface area contributed by atoms with Crippen molar-refractivity contribution in [3.8, 4) is 5.82 Å². The first-order valence-corrected chi connectivity index (χ1v) is 9.67. The van der Waals surface area contributed by atoms with E-state index in [1.54, 1.807) is 6.07 Å². The number of rotatable bonds is 5. The molecular weight excluding hydrogens is 481 g/mol. The number of hydrogen-bond acceptors (Lipinski definition) is 5. The molecule has 1 aromatic carbocycles. The lowest BCUT2D eigenvalue weighted by Gasteiger charge is -2.09. The summed E-state index contributed by atoms with van der Waals surface area (Å²) in [5.41, 5.74) is 1.01. The number of carbonyl (C=O) groups is 2. The van der Waals surface area contributed by atoms with E-state index in [4.69, 9.17) is 4.74 Å². The van der Waals surface area contributed by atoms with Gasteiger partial charge in [0.05, 0.1) is 23.1 Å². The minimum Gasteiger partial charge on any atom is -0.452 e. The highest BCUT2D eigenvalue weighted by molar-refractivity contribution is 9.10. The van der Waals surface area contributed by atoms with Crippen molar-refractivity contribution in [3.63, 3.8) is 0 Å². The molecule has 0 aliphatic heterocycles. The molecule has 2 aromatic heterocycles. The molecule has 0 atom stereocenters. The van der Waals surface area contributed by atoms with Gasteiger partial charge in [-0.15, -0.1) is 0 Å². The summed E-state index contributed by atoms with van der Waals surface area (Å²) < 4.78 is 45.0. The number of alkyl halides is 3. The summed E-state index contributed by atoms with van der Waals surface area (Å²) >= 11 is 3.34. The number of halogens is 4. The van der Waals surface area contributed by atoms with Gasteiger partial charge in [-0.25, -0.2) is 14.5 Å². The Bertz CT molecular complexity index is 1130. The van der Waals surface area contributed by atoms with Crippen molar-refractivity contribution in [2.75, 3.05) is 11.9 Å². The molecule has 0 fully saturated rings. The van der Waals surface area contributed by atoms with Gasteiger partial charge in [0.15, 0.2) is 12.4 Å². The number of hydrogen-bond donors (Lipinski definition) is 1. The number of esters is 1. The second kappa shape index (κ2) is 8.88. The Morgan fingerprint density at radius 1 is 1.16 bits per heavy atom. The third kappa shape index (κ3) is 5.29. The maximum atomic E-state index is 12.7. The maximum Gasteiger partial charge on any atom is 0.417 e.